The van der Waals surface area contributed by atoms with Crippen LogP contribution < -0.4 is 4.90 Å². The van der Waals surface area contributed by atoms with Gasteiger partial charge in [0, 0.05) is 20.2 Å². The molecule has 1 aromatic heterocycles. The number of likely N-dealkylation sites (N-methyl/N-ethyl adjacent to an activating group) is 1. The van der Waals surface area contributed by atoms with Crippen molar-refractivity contribution in [2.24, 2.45) is 0 Å². The van der Waals surface area contributed by atoms with Crippen molar-refractivity contribution in [3.05, 3.63) is 12.0 Å². The van der Waals surface area contributed by atoms with Crippen molar-refractivity contribution in [1.29, 1.82) is 0 Å². The van der Waals surface area contributed by atoms with Crippen molar-refractivity contribution in [1.82, 2.24) is 4.98 Å². The van der Waals surface area contributed by atoms with E-state index in [2.05, 4.69) is 4.98 Å². The van der Waals surface area contributed by atoms with E-state index in [4.69, 9.17) is 14.3 Å². The predicted octanol–water partition coefficient (Wildman–Crippen LogP) is 0.640. The Balaban J connectivity index is 2.39. The maximum atomic E-state index is 8.78. The second kappa shape index (κ2) is 5.62. The molecule has 0 saturated carbocycles. The van der Waals surface area contributed by atoms with Gasteiger partial charge in [-0.3, -0.25) is 0 Å². The molecular weight excluding hydrogens is 184 g/mol. The van der Waals surface area contributed by atoms with Crippen LogP contribution in [-0.2, 0) is 11.3 Å². The Morgan fingerprint density at radius 3 is 3.00 bits per heavy atom. The van der Waals surface area contributed by atoms with Crippen molar-refractivity contribution in [2.45, 2.75) is 13.5 Å². The third-order valence-corrected chi connectivity index (χ3v) is 1.80. The Bertz CT molecular complexity index is 262. The monoisotopic (exact) mass is 200 g/mol. The lowest BCUT2D eigenvalue weighted by Gasteiger charge is -2.13. The molecule has 1 rings (SSSR count). The zero-order valence-corrected chi connectivity index (χ0v) is 8.56. The Labute approximate surface area is 83.3 Å². The normalized spacial score (nSPS) is 10.5. The van der Waals surface area contributed by atoms with Crippen molar-refractivity contribution in [3.8, 4) is 0 Å². The van der Waals surface area contributed by atoms with Crippen molar-refractivity contribution < 1.29 is 14.3 Å². The van der Waals surface area contributed by atoms with E-state index in [-0.39, 0.29) is 6.61 Å². The van der Waals surface area contributed by atoms with Crippen LogP contribution in [0, 0.1) is 0 Å². The van der Waals surface area contributed by atoms with Crippen LogP contribution in [0.5, 0.6) is 0 Å². The number of rotatable bonds is 6. The van der Waals surface area contributed by atoms with Crippen molar-refractivity contribution in [2.75, 3.05) is 31.7 Å². The van der Waals surface area contributed by atoms with Gasteiger partial charge in [0.1, 0.15) is 12.0 Å². The highest BCUT2D eigenvalue weighted by Crippen LogP contribution is 2.11. The highest BCUT2D eigenvalue weighted by atomic mass is 16.5. The van der Waals surface area contributed by atoms with Gasteiger partial charge in [0.25, 0.3) is 6.01 Å². The summed E-state index contributed by atoms with van der Waals surface area (Å²) in [5.74, 6) is 0. The Kier molecular flexibility index (Phi) is 4.42. The van der Waals surface area contributed by atoms with E-state index in [1.807, 2.05) is 18.9 Å². The van der Waals surface area contributed by atoms with Crippen LogP contribution in [0.25, 0.3) is 0 Å². The van der Waals surface area contributed by atoms with Crippen molar-refractivity contribution >= 4 is 6.01 Å². The number of anilines is 1. The molecule has 0 fully saturated rings. The molecule has 0 amide bonds. The van der Waals surface area contributed by atoms with Gasteiger partial charge < -0.3 is 19.2 Å². The second-order valence-electron chi connectivity index (χ2n) is 2.90. The standard InChI is InChI=1S/C9H16N2O3/c1-3-13-5-4-11(2)9-10-8(6-12)7-14-9/h7,12H,3-6H2,1-2H3. The molecule has 0 aliphatic rings. The zero-order valence-electron chi connectivity index (χ0n) is 8.56. The first kappa shape index (κ1) is 11.0. The summed E-state index contributed by atoms with van der Waals surface area (Å²) in [4.78, 5) is 5.90. The Morgan fingerprint density at radius 1 is 1.64 bits per heavy atom. The van der Waals surface area contributed by atoms with Gasteiger partial charge in [-0.2, -0.15) is 4.98 Å². The number of ether oxygens (including phenoxy) is 1. The highest BCUT2D eigenvalue weighted by molar-refractivity contribution is 5.24. The van der Waals surface area contributed by atoms with E-state index in [1.54, 1.807) is 0 Å². The molecule has 0 aromatic carbocycles. The number of hydrogen-bond donors (Lipinski definition) is 1. The molecule has 0 aliphatic heterocycles. The lowest BCUT2D eigenvalue weighted by atomic mass is 10.5. The molecule has 0 aliphatic carbocycles. The largest absolute Gasteiger partial charge is 0.432 e. The second-order valence-corrected chi connectivity index (χ2v) is 2.90. The predicted molar refractivity (Wildman–Crippen MR) is 52.2 cm³/mol. The Hall–Kier alpha value is -1.07. The molecule has 0 spiro atoms. The highest BCUT2D eigenvalue weighted by Gasteiger charge is 2.07. The molecule has 0 unspecified atom stereocenters. The molecule has 1 aromatic rings. The number of hydrogen-bond acceptors (Lipinski definition) is 5. The smallest absolute Gasteiger partial charge is 0.297 e. The summed E-state index contributed by atoms with van der Waals surface area (Å²) in [5.41, 5.74) is 0.545. The molecule has 0 atom stereocenters. The molecule has 1 heterocycles. The van der Waals surface area contributed by atoms with Crippen LogP contribution in [0.2, 0.25) is 0 Å². The minimum Gasteiger partial charge on any atom is -0.432 e. The third-order valence-electron chi connectivity index (χ3n) is 1.80. The number of aliphatic hydroxyl groups excluding tert-OH is 1. The fraction of sp³-hybridized carbons (Fsp3) is 0.667. The number of aliphatic hydroxyl groups is 1. The van der Waals surface area contributed by atoms with E-state index in [9.17, 15) is 0 Å². The van der Waals surface area contributed by atoms with E-state index >= 15 is 0 Å². The summed E-state index contributed by atoms with van der Waals surface area (Å²) in [5, 5.41) is 8.78. The van der Waals surface area contributed by atoms with Crippen LogP contribution in [-0.4, -0.2) is 36.9 Å². The van der Waals surface area contributed by atoms with E-state index in [0.717, 1.165) is 6.54 Å². The average molecular weight is 200 g/mol. The van der Waals surface area contributed by atoms with Crippen LogP contribution >= 0.6 is 0 Å². The van der Waals surface area contributed by atoms with Crippen LogP contribution in [0.4, 0.5) is 6.01 Å². The lowest BCUT2D eigenvalue weighted by molar-refractivity contribution is 0.154. The Morgan fingerprint density at radius 2 is 2.43 bits per heavy atom. The van der Waals surface area contributed by atoms with Gasteiger partial charge in [0.2, 0.25) is 0 Å². The van der Waals surface area contributed by atoms with Gasteiger partial charge in [0.15, 0.2) is 0 Å². The van der Waals surface area contributed by atoms with E-state index < -0.39 is 0 Å². The molecule has 5 heteroatoms. The minimum absolute atomic E-state index is 0.0944. The van der Waals surface area contributed by atoms with Gasteiger partial charge in [-0.25, -0.2) is 0 Å². The summed E-state index contributed by atoms with van der Waals surface area (Å²) in [6, 6.07) is 0.508. The number of nitrogens with zero attached hydrogens (tertiary/aromatic N) is 2. The summed E-state index contributed by atoms with van der Waals surface area (Å²) in [7, 11) is 1.87. The van der Waals surface area contributed by atoms with Gasteiger partial charge in [0.05, 0.1) is 13.2 Å². The maximum Gasteiger partial charge on any atom is 0.297 e. The molecule has 14 heavy (non-hydrogen) atoms. The SMILES string of the molecule is CCOCCN(C)c1nc(CO)co1. The summed E-state index contributed by atoms with van der Waals surface area (Å²) in [6.07, 6.45) is 1.45. The van der Waals surface area contributed by atoms with E-state index in [1.165, 1.54) is 6.26 Å². The molecule has 5 nitrogen and oxygen atoms in total. The van der Waals surface area contributed by atoms with Crippen molar-refractivity contribution in [3.63, 3.8) is 0 Å². The number of aromatic nitrogens is 1. The molecule has 0 radical (unpaired) electrons. The van der Waals surface area contributed by atoms with Gasteiger partial charge >= 0.3 is 0 Å². The minimum atomic E-state index is -0.0944. The molecular formula is C9H16N2O3. The first-order valence-electron chi connectivity index (χ1n) is 4.62. The quantitative estimate of drug-likeness (QED) is 0.683. The van der Waals surface area contributed by atoms with Gasteiger partial charge in [-0.1, -0.05) is 0 Å². The van der Waals surface area contributed by atoms with E-state index in [0.29, 0.717) is 24.9 Å². The summed E-state index contributed by atoms with van der Waals surface area (Å²) in [6.45, 7) is 3.93. The molecule has 80 valence electrons. The zero-order chi connectivity index (χ0) is 10.4. The van der Waals surface area contributed by atoms with Gasteiger partial charge in [-0.05, 0) is 6.92 Å². The van der Waals surface area contributed by atoms with Crippen LogP contribution in [0.3, 0.4) is 0 Å². The summed E-state index contributed by atoms with van der Waals surface area (Å²) < 4.78 is 10.3. The average Bonchev–Trinajstić information content (AvgIpc) is 2.66. The molecule has 0 saturated heterocycles. The fourth-order valence-corrected chi connectivity index (χ4v) is 0.986. The lowest BCUT2D eigenvalue weighted by Crippen LogP contribution is -2.22. The third kappa shape index (κ3) is 3.01. The molecule has 1 N–H and O–H groups in total. The summed E-state index contributed by atoms with van der Waals surface area (Å²) >= 11 is 0. The number of oxazole rings is 1. The van der Waals surface area contributed by atoms with Crippen LogP contribution in [0.15, 0.2) is 10.7 Å². The maximum absolute atomic E-state index is 8.78. The first-order chi connectivity index (χ1) is 6.77. The first-order valence-corrected chi connectivity index (χ1v) is 4.62. The van der Waals surface area contributed by atoms with Crippen LogP contribution in [0.1, 0.15) is 12.6 Å². The fourth-order valence-electron chi connectivity index (χ4n) is 0.986. The molecule has 0 bridgehead atoms. The topological polar surface area (TPSA) is 58.7 Å². The van der Waals surface area contributed by atoms with Gasteiger partial charge in [-0.15, -0.1) is 0 Å².